The van der Waals surface area contributed by atoms with Crippen LogP contribution in [0.3, 0.4) is 0 Å². The maximum Gasteiger partial charge on any atom is 0.255 e. The SMILES string of the molecule is COc1cccc(C(=O)Nc2ccc(-c3ccccc3)c3c2C(=O)NC3)c1. The van der Waals surface area contributed by atoms with Gasteiger partial charge in [0.05, 0.1) is 18.4 Å². The zero-order valence-corrected chi connectivity index (χ0v) is 14.8. The highest BCUT2D eigenvalue weighted by atomic mass is 16.5. The van der Waals surface area contributed by atoms with E-state index >= 15 is 0 Å². The van der Waals surface area contributed by atoms with E-state index in [0.29, 0.717) is 29.1 Å². The zero-order valence-electron chi connectivity index (χ0n) is 14.8. The van der Waals surface area contributed by atoms with Crippen LogP contribution in [0.4, 0.5) is 5.69 Å². The van der Waals surface area contributed by atoms with Crippen LogP contribution in [0.2, 0.25) is 0 Å². The molecule has 0 atom stereocenters. The number of hydrogen-bond acceptors (Lipinski definition) is 3. The molecule has 2 N–H and O–H groups in total. The molecule has 0 aromatic heterocycles. The van der Waals surface area contributed by atoms with Crippen molar-refractivity contribution in [2.75, 3.05) is 12.4 Å². The Morgan fingerprint density at radius 3 is 2.63 bits per heavy atom. The molecule has 3 aromatic rings. The number of carbonyl (C=O) groups is 2. The molecule has 0 spiro atoms. The summed E-state index contributed by atoms with van der Waals surface area (Å²) in [5, 5.41) is 5.72. The number of anilines is 1. The number of hydrogen-bond donors (Lipinski definition) is 2. The quantitative estimate of drug-likeness (QED) is 0.744. The molecule has 2 amide bonds. The summed E-state index contributed by atoms with van der Waals surface area (Å²) < 4.78 is 5.17. The van der Waals surface area contributed by atoms with E-state index in [9.17, 15) is 9.59 Å². The number of ether oxygens (including phenoxy) is 1. The normalized spacial score (nSPS) is 12.3. The predicted molar refractivity (Wildman–Crippen MR) is 104 cm³/mol. The molecule has 4 rings (SSSR count). The summed E-state index contributed by atoms with van der Waals surface area (Å²) in [4.78, 5) is 25.1. The fourth-order valence-electron chi connectivity index (χ4n) is 3.30. The minimum absolute atomic E-state index is 0.177. The third kappa shape index (κ3) is 3.15. The van der Waals surface area contributed by atoms with E-state index in [1.807, 2.05) is 36.4 Å². The number of nitrogens with one attached hydrogen (secondary N) is 2. The van der Waals surface area contributed by atoms with Gasteiger partial charge in [0.15, 0.2) is 0 Å². The van der Waals surface area contributed by atoms with Crippen LogP contribution in [0.1, 0.15) is 26.3 Å². The summed E-state index contributed by atoms with van der Waals surface area (Å²) in [5.74, 6) is 0.136. The Morgan fingerprint density at radius 1 is 1.04 bits per heavy atom. The maximum absolute atomic E-state index is 12.6. The van der Waals surface area contributed by atoms with Crippen LogP contribution in [0, 0.1) is 0 Å². The van der Waals surface area contributed by atoms with Gasteiger partial charge in [-0.05, 0) is 41.0 Å². The van der Waals surface area contributed by atoms with E-state index in [1.165, 1.54) is 0 Å². The molecule has 0 radical (unpaired) electrons. The molecular weight excluding hydrogens is 340 g/mol. The summed E-state index contributed by atoms with van der Waals surface area (Å²) in [6, 6.07) is 20.5. The van der Waals surface area contributed by atoms with E-state index in [2.05, 4.69) is 10.6 Å². The molecule has 1 aliphatic rings. The van der Waals surface area contributed by atoms with Crippen molar-refractivity contribution in [3.63, 3.8) is 0 Å². The lowest BCUT2D eigenvalue weighted by molar-refractivity contribution is 0.0966. The maximum atomic E-state index is 12.6. The van der Waals surface area contributed by atoms with Crippen LogP contribution >= 0.6 is 0 Å². The van der Waals surface area contributed by atoms with Gasteiger partial charge in [-0.25, -0.2) is 0 Å². The molecule has 134 valence electrons. The molecule has 1 aliphatic heterocycles. The van der Waals surface area contributed by atoms with Gasteiger partial charge in [-0.1, -0.05) is 42.5 Å². The van der Waals surface area contributed by atoms with Crippen molar-refractivity contribution < 1.29 is 14.3 Å². The molecule has 3 aromatic carbocycles. The van der Waals surface area contributed by atoms with Gasteiger partial charge >= 0.3 is 0 Å². The standard InChI is InChI=1S/C22H18N2O3/c1-27-16-9-5-8-15(12-16)21(25)24-19-11-10-17(14-6-3-2-4-7-14)18-13-23-22(26)20(18)19/h2-12H,13H2,1H3,(H,23,26)(H,24,25). The van der Waals surface area contributed by atoms with Crippen molar-refractivity contribution >= 4 is 17.5 Å². The summed E-state index contributed by atoms with van der Waals surface area (Å²) >= 11 is 0. The largest absolute Gasteiger partial charge is 0.497 e. The van der Waals surface area contributed by atoms with Crippen LogP contribution < -0.4 is 15.4 Å². The molecule has 5 nitrogen and oxygen atoms in total. The van der Waals surface area contributed by atoms with Gasteiger partial charge in [0.1, 0.15) is 5.75 Å². The second-order valence-electron chi connectivity index (χ2n) is 6.25. The number of fused-ring (bicyclic) bond motifs is 1. The topological polar surface area (TPSA) is 67.4 Å². The van der Waals surface area contributed by atoms with Gasteiger partial charge < -0.3 is 15.4 Å². The van der Waals surface area contributed by atoms with Gasteiger partial charge in [0.2, 0.25) is 0 Å². The number of rotatable bonds is 4. The number of benzene rings is 3. The monoisotopic (exact) mass is 358 g/mol. The molecule has 0 saturated carbocycles. The highest BCUT2D eigenvalue weighted by Crippen LogP contribution is 2.34. The molecule has 5 heteroatoms. The molecule has 0 fully saturated rings. The third-order valence-electron chi connectivity index (χ3n) is 4.63. The van der Waals surface area contributed by atoms with Crippen LogP contribution in [0.25, 0.3) is 11.1 Å². The summed E-state index contributed by atoms with van der Waals surface area (Å²) in [6.45, 7) is 0.446. The Kier molecular flexibility index (Phi) is 4.34. The molecule has 0 bridgehead atoms. The number of amides is 2. The van der Waals surface area contributed by atoms with E-state index in [-0.39, 0.29) is 11.8 Å². The first-order valence-corrected chi connectivity index (χ1v) is 8.62. The Labute approximate surface area is 157 Å². The Hall–Kier alpha value is -3.60. The van der Waals surface area contributed by atoms with E-state index in [1.54, 1.807) is 37.4 Å². The van der Waals surface area contributed by atoms with E-state index < -0.39 is 0 Å². The second-order valence-corrected chi connectivity index (χ2v) is 6.25. The average molecular weight is 358 g/mol. The third-order valence-corrected chi connectivity index (χ3v) is 4.63. The fraction of sp³-hybridized carbons (Fsp3) is 0.0909. The van der Waals surface area contributed by atoms with Crippen LogP contribution in [-0.4, -0.2) is 18.9 Å². The first-order chi connectivity index (χ1) is 13.2. The first kappa shape index (κ1) is 16.8. The predicted octanol–water partition coefficient (Wildman–Crippen LogP) is 3.86. The van der Waals surface area contributed by atoms with Gasteiger partial charge in [-0.3, -0.25) is 9.59 Å². The molecule has 0 saturated heterocycles. The van der Waals surface area contributed by atoms with Crippen molar-refractivity contribution in [1.82, 2.24) is 5.32 Å². The van der Waals surface area contributed by atoms with Crippen molar-refractivity contribution in [1.29, 1.82) is 0 Å². The fourth-order valence-corrected chi connectivity index (χ4v) is 3.30. The van der Waals surface area contributed by atoms with Crippen molar-refractivity contribution in [3.05, 3.63) is 83.4 Å². The highest BCUT2D eigenvalue weighted by molar-refractivity contribution is 6.11. The second kappa shape index (κ2) is 6.96. The molecule has 27 heavy (non-hydrogen) atoms. The number of methoxy groups -OCH3 is 1. The van der Waals surface area contributed by atoms with Gasteiger partial charge in [0, 0.05) is 12.1 Å². The summed E-state index contributed by atoms with van der Waals surface area (Å²) in [5.41, 5.74) is 4.42. The Morgan fingerprint density at radius 2 is 1.85 bits per heavy atom. The number of carbonyl (C=O) groups excluding carboxylic acids is 2. The molecular formula is C22H18N2O3. The van der Waals surface area contributed by atoms with Crippen LogP contribution in [0.15, 0.2) is 66.7 Å². The molecule has 0 aliphatic carbocycles. The van der Waals surface area contributed by atoms with Gasteiger partial charge in [-0.2, -0.15) is 0 Å². The van der Waals surface area contributed by atoms with Gasteiger partial charge in [-0.15, -0.1) is 0 Å². The lowest BCUT2D eigenvalue weighted by Gasteiger charge is -2.13. The Balaban J connectivity index is 1.71. The van der Waals surface area contributed by atoms with Gasteiger partial charge in [0.25, 0.3) is 11.8 Å². The zero-order chi connectivity index (χ0) is 18.8. The smallest absolute Gasteiger partial charge is 0.255 e. The van der Waals surface area contributed by atoms with Crippen molar-refractivity contribution in [2.45, 2.75) is 6.54 Å². The lowest BCUT2D eigenvalue weighted by Crippen LogP contribution is -2.17. The summed E-state index contributed by atoms with van der Waals surface area (Å²) in [6.07, 6.45) is 0. The molecule has 1 heterocycles. The summed E-state index contributed by atoms with van der Waals surface area (Å²) in [7, 11) is 1.55. The van der Waals surface area contributed by atoms with Crippen LogP contribution in [-0.2, 0) is 6.54 Å². The Bertz CT molecular complexity index is 1030. The van der Waals surface area contributed by atoms with E-state index in [4.69, 9.17) is 4.74 Å². The van der Waals surface area contributed by atoms with E-state index in [0.717, 1.165) is 16.7 Å². The van der Waals surface area contributed by atoms with Crippen LogP contribution in [0.5, 0.6) is 5.75 Å². The average Bonchev–Trinajstić information content (AvgIpc) is 3.11. The molecule has 0 unspecified atom stereocenters. The minimum Gasteiger partial charge on any atom is -0.497 e. The minimum atomic E-state index is -0.289. The highest BCUT2D eigenvalue weighted by Gasteiger charge is 2.26. The van der Waals surface area contributed by atoms with Crippen molar-refractivity contribution in [3.8, 4) is 16.9 Å². The van der Waals surface area contributed by atoms with Crippen molar-refractivity contribution in [2.24, 2.45) is 0 Å². The first-order valence-electron chi connectivity index (χ1n) is 8.62. The lowest BCUT2D eigenvalue weighted by atomic mass is 9.95.